The third kappa shape index (κ3) is 3.24. The summed E-state index contributed by atoms with van der Waals surface area (Å²) in [6, 6.07) is 5.70. The summed E-state index contributed by atoms with van der Waals surface area (Å²) in [7, 11) is 0. The maximum atomic E-state index is 13.3. The van der Waals surface area contributed by atoms with Gasteiger partial charge in [0, 0.05) is 43.5 Å². The van der Waals surface area contributed by atoms with Gasteiger partial charge in [-0.05, 0) is 19.4 Å². The molecule has 0 unspecified atom stereocenters. The molecule has 2 aliphatic heterocycles. The van der Waals surface area contributed by atoms with Gasteiger partial charge < -0.3 is 10.5 Å². The Balaban J connectivity index is 1.65. The van der Waals surface area contributed by atoms with Crippen LogP contribution < -0.4 is 10.5 Å². The van der Waals surface area contributed by atoms with Gasteiger partial charge in [-0.25, -0.2) is 9.28 Å². The topological polar surface area (TPSA) is 89.7 Å². The molecule has 1 saturated carbocycles. The fourth-order valence-corrected chi connectivity index (χ4v) is 5.68. The monoisotopic (exact) mass is 414 g/mol. The van der Waals surface area contributed by atoms with Crippen molar-refractivity contribution in [3.8, 4) is 5.75 Å². The molecule has 2 heterocycles. The van der Waals surface area contributed by atoms with Crippen LogP contribution in [0.4, 0.5) is 0 Å². The number of primary amides is 1. The van der Waals surface area contributed by atoms with Crippen LogP contribution in [-0.4, -0.2) is 71.9 Å². The number of nitrogens with two attached hydrogens (primary N) is 1. The predicted octanol–water partition coefficient (Wildman–Crippen LogP) is 1.30. The highest BCUT2D eigenvalue weighted by molar-refractivity contribution is 5.87. The van der Waals surface area contributed by atoms with Crippen LogP contribution in [0.25, 0.3) is 0 Å². The number of Topliss-reactive ketones (excluding diaryl/α,β-unsaturated/α-hetero) is 1. The number of benzene rings is 1. The van der Waals surface area contributed by atoms with Crippen LogP contribution in [-0.2, 0) is 19.8 Å². The minimum Gasteiger partial charge on any atom is -0.482 e. The Labute approximate surface area is 177 Å². The molecule has 30 heavy (non-hydrogen) atoms. The average Bonchev–Trinajstić information content (AvgIpc) is 2.99. The van der Waals surface area contributed by atoms with Crippen molar-refractivity contribution in [2.75, 3.05) is 32.7 Å². The molecule has 2 amide bonds. The number of fused-ring (bicyclic) bond motifs is 3. The molecule has 4 rings (SSSR count). The zero-order chi connectivity index (χ0) is 21.7. The number of nitrogens with zero attached hydrogens (tertiary/aromatic N) is 2. The van der Waals surface area contributed by atoms with Gasteiger partial charge in [-0.2, -0.15) is 0 Å². The number of piperazine rings is 1. The van der Waals surface area contributed by atoms with Crippen LogP contribution in [0.15, 0.2) is 18.2 Å². The second kappa shape index (κ2) is 7.46. The van der Waals surface area contributed by atoms with Crippen LogP contribution >= 0.6 is 0 Å². The second-order valence-electron chi connectivity index (χ2n) is 9.42. The van der Waals surface area contributed by atoms with Gasteiger partial charge in [0.05, 0.1) is 20.0 Å². The van der Waals surface area contributed by atoms with Gasteiger partial charge in [-0.15, -0.1) is 0 Å². The van der Waals surface area contributed by atoms with E-state index < -0.39 is 6.04 Å². The van der Waals surface area contributed by atoms with Gasteiger partial charge in [0.15, 0.2) is 17.9 Å². The summed E-state index contributed by atoms with van der Waals surface area (Å²) in [6.45, 7) is 8.86. The Morgan fingerprint density at radius 3 is 2.63 bits per heavy atom. The van der Waals surface area contributed by atoms with Gasteiger partial charge >= 0.3 is 5.91 Å². The van der Waals surface area contributed by atoms with E-state index in [9.17, 15) is 14.4 Å². The number of rotatable bonds is 4. The van der Waals surface area contributed by atoms with E-state index in [0.29, 0.717) is 45.6 Å². The maximum Gasteiger partial charge on any atom is 0.311 e. The number of amides is 2. The van der Waals surface area contributed by atoms with E-state index in [1.165, 1.54) is 5.56 Å². The number of hydrogen-bond donors (Lipinski definition) is 1. The van der Waals surface area contributed by atoms with Crippen molar-refractivity contribution < 1.29 is 23.6 Å². The van der Waals surface area contributed by atoms with Crippen molar-refractivity contribution in [3.05, 3.63) is 29.3 Å². The van der Waals surface area contributed by atoms with E-state index >= 15 is 0 Å². The fraction of sp³-hybridized carbons (Fsp3) is 0.609. The molecular weight excluding hydrogens is 382 g/mol. The van der Waals surface area contributed by atoms with Crippen LogP contribution in [0, 0.1) is 6.92 Å². The molecule has 7 heteroatoms. The molecular formula is C23H32N3O4+. The summed E-state index contributed by atoms with van der Waals surface area (Å²) < 4.78 is 6.56. The summed E-state index contributed by atoms with van der Waals surface area (Å²) in [6.07, 6.45) is 1.18. The minimum absolute atomic E-state index is 0.0166. The lowest BCUT2D eigenvalue weighted by Gasteiger charge is -2.51. The molecule has 0 radical (unpaired) electrons. The third-order valence-electron chi connectivity index (χ3n) is 7.60. The smallest absolute Gasteiger partial charge is 0.311 e. The van der Waals surface area contributed by atoms with Gasteiger partial charge in [-0.3, -0.25) is 14.5 Å². The zero-order valence-electron chi connectivity index (χ0n) is 18.1. The zero-order valence-corrected chi connectivity index (χ0v) is 18.1. The molecule has 1 aromatic carbocycles. The van der Waals surface area contributed by atoms with Crippen molar-refractivity contribution >= 4 is 17.6 Å². The maximum absolute atomic E-state index is 13.3. The van der Waals surface area contributed by atoms with E-state index in [2.05, 4.69) is 24.8 Å². The van der Waals surface area contributed by atoms with E-state index in [1.807, 2.05) is 12.1 Å². The second-order valence-corrected chi connectivity index (χ2v) is 9.42. The first kappa shape index (κ1) is 21.0. The molecule has 162 valence electrons. The highest BCUT2D eigenvalue weighted by Crippen LogP contribution is 2.51. The first-order valence-electron chi connectivity index (χ1n) is 10.9. The standard InChI is InChI=1S/C23H31N3O4/c1-15-4-5-19-17(14-15)23(3)8-6-18(28)21(22(23)30-19)26(16(2)27)12-10-25(11-13-26)9-7-20(24)29/h4-5,14,21-22H,6-13H2,1-3H3,(H-,24,29)/p+1/t21-,22-,23-/m1/s1. The normalized spacial score (nSPS) is 30.3. The number of carbonyl (C=O) groups is 3. The number of hydrogen-bond acceptors (Lipinski definition) is 5. The Morgan fingerprint density at radius 2 is 2.00 bits per heavy atom. The van der Waals surface area contributed by atoms with Gasteiger partial charge in [0.1, 0.15) is 5.75 Å². The lowest BCUT2D eigenvalue weighted by Crippen LogP contribution is -2.74. The molecule has 1 aromatic rings. The Kier molecular flexibility index (Phi) is 5.22. The predicted molar refractivity (Wildman–Crippen MR) is 112 cm³/mol. The van der Waals surface area contributed by atoms with Crippen LogP contribution in [0.2, 0.25) is 0 Å². The van der Waals surface area contributed by atoms with Crippen molar-refractivity contribution in [1.29, 1.82) is 0 Å². The molecule has 0 aromatic heterocycles. The number of ether oxygens (including phenoxy) is 1. The van der Waals surface area contributed by atoms with Crippen LogP contribution in [0.1, 0.15) is 44.2 Å². The number of ketones is 1. The summed E-state index contributed by atoms with van der Waals surface area (Å²) >= 11 is 0. The molecule has 7 nitrogen and oxygen atoms in total. The molecule has 0 bridgehead atoms. The van der Waals surface area contributed by atoms with E-state index in [0.717, 1.165) is 17.7 Å². The van der Waals surface area contributed by atoms with E-state index in [-0.39, 0.29) is 33.6 Å². The summed E-state index contributed by atoms with van der Waals surface area (Å²) in [4.78, 5) is 39.6. The van der Waals surface area contributed by atoms with Crippen molar-refractivity contribution in [1.82, 2.24) is 4.90 Å². The quantitative estimate of drug-likeness (QED) is 0.750. The highest BCUT2D eigenvalue weighted by Gasteiger charge is 2.63. The molecule has 0 spiro atoms. The molecule has 1 saturated heterocycles. The van der Waals surface area contributed by atoms with E-state index in [4.69, 9.17) is 10.5 Å². The van der Waals surface area contributed by atoms with Crippen molar-refractivity contribution in [2.24, 2.45) is 5.73 Å². The van der Waals surface area contributed by atoms with Crippen molar-refractivity contribution in [3.63, 3.8) is 0 Å². The summed E-state index contributed by atoms with van der Waals surface area (Å²) in [5, 5.41) is 0. The fourth-order valence-electron chi connectivity index (χ4n) is 5.68. The average molecular weight is 415 g/mol. The van der Waals surface area contributed by atoms with E-state index in [1.54, 1.807) is 6.92 Å². The largest absolute Gasteiger partial charge is 0.482 e. The van der Waals surface area contributed by atoms with Gasteiger partial charge in [0.25, 0.3) is 0 Å². The number of aryl methyl sites for hydroxylation is 1. The Hall–Kier alpha value is -2.25. The first-order valence-corrected chi connectivity index (χ1v) is 10.9. The van der Waals surface area contributed by atoms with Crippen LogP contribution in [0.5, 0.6) is 5.75 Å². The first-order chi connectivity index (χ1) is 14.2. The minimum atomic E-state index is -0.493. The third-order valence-corrected chi connectivity index (χ3v) is 7.60. The highest BCUT2D eigenvalue weighted by atomic mass is 16.5. The molecule has 2 fully saturated rings. The van der Waals surface area contributed by atoms with Gasteiger partial charge in [0.2, 0.25) is 5.91 Å². The SMILES string of the molecule is CC(=O)[N+]1([C@@H]2C(=O)CC[C@]3(C)c4cc(C)ccc4O[C@H]23)CCN(CCC(N)=O)CC1. The van der Waals surface area contributed by atoms with Crippen LogP contribution in [0.3, 0.4) is 0 Å². The number of carbonyl (C=O) groups excluding carboxylic acids is 3. The van der Waals surface area contributed by atoms with Crippen molar-refractivity contribution in [2.45, 2.75) is 57.6 Å². The molecule has 1 aliphatic carbocycles. The lowest BCUT2D eigenvalue weighted by atomic mass is 9.66. The number of quaternary nitrogens is 1. The summed E-state index contributed by atoms with van der Waals surface area (Å²) in [5.74, 6) is 0.666. The summed E-state index contributed by atoms with van der Waals surface area (Å²) in [5.41, 5.74) is 7.34. The lowest BCUT2D eigenvalue weighted by molar-refractivity contribution is -0.878. The molecule has 2 N–H and O–H groups in total. The Morgan fingerprint density at radius 1 is 1.30 bits per heavy atom. The molecule has 3 atom stereocenters. The van der Waals surface area contributed by atoms with Gasteiger partial charge in [-0.1, -0.05) is 24.6 Å². The Bertz CT molecular complexity index is 890. The molecule has 3 aliphatic rings.